The highest BCUT2D eigenvalue weighted by atomic mass is 14.2. The summed E-state index contributed by atoms with van der Waals surface area (Å²) in [6.07, 6.45) is 3.53. The molecule has 0 saturated carbocycles. The lowest BCUT2D eigenvalue weighted by atomic mass is 9.79. The van der Waals surface area contributed by atoms with E-state index in [0.717, 1.165) is 5.92 Å². The monoisotopic (exact) mass is 136 g/mol. The minimum absolute atomic E-state index is 0.685. The highest BCUT2D eigenvalue weighted by Gasteiger charge is 2.19. The van der Waals surface area contributed by atoms with Gasteiger partial charge in [-0.05, 0) is 30.8 Å². The number of rotatable bonds is 0. The maximum atomic E-state index is 4.06. The van der Waals surface area contributed by atoms with Gasteiger partial charge in [-0.25, -0.2) is 0 Å². The maximum Gasteiger partial charge on any atom is -0.0165 e. The predicted octanol–water partition coefficient (Wildman–Crippen LogP) is 3.16. The zero-order valence-electron chi connectivity index (χ0n) is 7.15. The minimum Gasteiger partial charge on any atom is -0.0953 e. The van der Waals surface area contributed by atoms with E-state index < -0.39 is 0 Å². The van der Waals surface area contributed by atoms with E-state index in [2.05, 4.69) is 33.4 Å². The smallest absolute Gasteiger partial charge is 0.0165 e. The predicted molar refractivity (Wildman–Crippen MR) is 45.8 cm³/mol. The average Bonchev–Trinajstić information content (AvgIpc) is 1.93. The highest BCUT2D eigenvalue weighted by Crippen LogP contribution is 2.32. The fourth-order valence-corrected chi connectivity index (χ4v) is 1.40. The molecule has 10 heavy (non-hydrogen) atoms. The van der Waals surface area contributed by atoms with Gasteiger partial charge in [-0.2, -0.15) is 0 Å². The van der Waals surface area contributed by atoms with Gasteiger partial charge in [0.05, 0.1) is 0 Å². The van der Waals surface area contributed by atoms with Crippen molar-refractivity contribution in [2.24, 2.45) is 11.8 Å². The average molecular weight is 136 g/mol. The molecule has 1 aliphatic rings. The molecule has 0 aromatic rings. The van der Waals surface area contributed by atoms with E-state index in [1.165, 1.54) is 17.6 Å². The summed E-state index contributed by atoms with van der Waals surface area (Å²) in [6, 6.07) is 0. The second-order valence-electron chi connectivity index (χ2n) is 3.41. The zero-order chi connectivity index (χ0) is 7.72. The molecule has 1 rings (SSSR count). The third-order valence-corrected chi connectivity index (χ3v) is 2.71. The first-order valence-electron chi connectivity index (χ1n) is 3.99. The molecule has 0 saturated heterocycles. The molecule has 0 aromatic carbocycles. The van der Waals surface area contributed by atoms with Crippen molar-refractivity contribution in [2.45, 2.75) is 27.2 Å². The van der Waals surface area contributed by atoms with E-state index >= 15 is 0 Å². The van der Waals surface area contributed by atoms with Crippen LogP contribution in [0.2, 0.25) is 0 Å². The van der Waals surface area contributed by atoms with E-state index in [1.807, 2.05) is 0 Å². The Morgan fingerprint density at radius 2 is 2.10 bits per heavy atom. The zero-order valence-corrected chi connectivity index (χ0v) is 7.15. The number of hydrogen-bond donors (Lipinski definition) is 0. The standard InChI is InChI=1S/C10H16/c1-7-5-6-8(2)10(4)9(7)3/h5,8,10H,3,6H2,1-2,4H3. The minimum atomic E-state index is 0.685. The van der Waals surface area contributed by atoms with Crippen molar-refractivity contribution in [2.75, 3.05) is 0 Å². The van der Waals surface area contributed by atoms with Crippen LogP contribution < -0.4 is 0 Å². The molecule has 0 amide bonds. The van der Waals surface area contributed by atoms with Gasteiger partial charge in [0.2, 0.25) is 0 Å². The second kappa shape index (κ2) is 2.61. The van der Waals surface area contributed by atoms with E-state index in [9.17, 15) is 0 Å². The Morgan fingerprint density at radius 1 is 1.50 bits per heavy atom. The van der Waals surface area contributed by atoms with E-state index in [4.69, 9.17) is 0 Å². The van der Waals surface area contributed by atoms with Crippen LogP contribution in [0.4, 0.5) is 0 Å². The van der Waals surface area contributed by atoms with Gasteiger partial charge >= 0.3 is 0 Å². The molecular formula is C10H16. The van der Waals surface area contributed by atoms with Crippen LogP contribution in [0.1, 0.15) is 27.2 Å². The largest absolute Gasteiger partial charge is 0.0953 e. The summed E-state index contributed by atoms with van der Waals surface area (Å²) in [5.74, 6) is 1.47. The molecular weight excluding hydrogens is 120 g/mol. The number of hydrogen-bond acceptors (Lipinski definition) is 0. The molecule has 2 unspecified atom stereocenters. The fourth-order valence-electron chi connectivity index (χ4n) is 1.40. The summed E-state index contributed by atoms with van der Waals surface area (Å²) in [5.41, 5.74) is 2.73. The topological polar surface area (TPSA) is 0 Å². The van der Waals surface area contributed by atoms with Crippen LogP contribution in [-0.2, 0) is 0 Å². The van der Waals surface area contributed by atoms with Gasteiger partial charge in [-0.15, -0.1) is 0 Å². The Kier molecular flexibility index (Phi) is 1.98. The van der Waals surface area contributed by atoms with E-state index in [-0.39, 0.29) is 0 Å². The van der Waals surface area contributed by atoms with Gasteiger partial charge in [0.25, 0.3) is 0 Å². The Morgan fingerprint density at radius 3 is 2.60 bits per heavy atom. The summed E-state index contributed by atoms with van der Waals surface area (Å²) >= 11 is 0. The van der Waals surface area contributed by atoms with Crippen LogP contribution in [0.15, 0.2) is 23.8 Å². The molecule has 2 atom stereocenters. The summed E-state index contributed by atoms with van der Waals surface area (Å²) in [7, 11) is 0. The Balaban J connectivity index is 2.81. The molecule has 0 heterocycles. The SMILES string of the molecule is C=C1C(C)=CCC(C)C1C. The van der Waals surface area contributed by atoms with Crippen molar-refractivity contribution >= 4 is 0 Å². The number of allylic oxidation sites excluding steroid dienone is 3. The van der Waals surface area contributed by atoms with Crippen LogP contribution in [0.25, 0.3) is 0 Å². The Labute approximate surface area is 63.6 Å². The Bertz CT molecular complexity index is 174. The lowest BCUT2D eigenvalue weighted by Gasteiger charge is -2.26. The molecule has 0 fully saturated rings. The molecule has 0 N–H and O–H groups in total. The van der Waals surface area contributed by atoms with Crippen molar-refractivity contribution in [3.05, 3.63) is 23.8 Å². The summed E-state index contributed by atoms with van der Waals surface area (Å²) in [4.78, 5) is 0. The molecule has 0 heteroatoms. The normalized spacial score (nSPS) is 33.9. The fraction of sp³-hybridized carbons (Fsp3) is 0.600. The van der Waals surface area contributed by atoms with Crippen LogP contribution in [0, 0.1) is 11.8 Å². The summed E-state index contributed by atoms with van der Waals surface area (Å²) < 4.78 is 0. The first-order valence-corrected chi connectivity index (χ1v) is 3.99. The van der Waals surface area contributed by atoms with Crippen molar-refractivity contribution < 1.29 is 0 Å². The molecule has 0 bridgehead atoms. The Hall–Kier alpha value is -0.520. The molecule has 0 nitrogen and oxygen atoms in total. The van der Waals surface area contributed by atoms with Crippen molar-refractivity contribution in [3.8, 4) is 0 Å². The van der Waals surface area contributed by atoms with Crippen LogP contribution >= 0.6 is 0 Å². The first kappa shape index (κ1) is 7.59. The van der Waals surface area contributed by atoms with Crippen molar-refractivity contribution in [1.82, 2.24) is 0 Å². The second-order valence-corrected chi connectivity index (χ2v) is 3.41. The summed E-state index contributed by atoms with van der Waals surface area (Å²) in [5, 5.41) is 0. The van der Waals surface area contributed by atoms with Crippen molar-refractivity contribution in [1.29, 1.82) is 0 Å². The van der Waals surface area contributed by atoms with Gasteiger partial charge in [0.15, 0.2) is 0 Å². The molecule has 0 radical (unpaired) electrons. The van der Waals surface area contributed by atoms with Crippen LogP contribution in [-0.4, -0.2) is 0 Å². The van der Waals surface area contributed by atoms with Gasteiger partial charge < -0.3 is 0 Å². The highest BCUT2D eigenvalue weighted by molar-refractivity contribution is 5.31. The van der Waals surface area contributed by atoms with Gasteiger partial charge in [0.1, 0.15) is 0 Å². The lowest BCUT2D eigenvalue weighted by Crippen LogP contribution is -2.14. The van der Waals surface area contributed by atoms with Gasteiger partial charge in [-0.1, -0.05) is 32.1 Å². The first-order chi connectivity index (χ1) is 4.63. The van der Waals surface area contributed by atoms with E-state index in [0.29, 0.717) is 5.92 Å². The third-order valence-electron chi connectivity index (χ3n) is 2.71. The van der Waals surface area contributed by atoms with Crippen LogP contribution in [0.5, 0.6) is 0 Å². The quantitative estimate of drug-likeness (QED) is 0.480. The maximum absolute atomic E-state index is 4.06. The van der Waals surface area contributed by atoms with Gasteiger partial charge in [0, 0.05) is 0 Å². The molecule has 0 aromatic heterocycles. The van der Waals surface area contributed by atoms with Gasteiger partial charge in [-0.3, -0.25) is 0 Å². The van der Waals surface area contributed by atoms with Crippen molar-refractivity contribution in [3.63, 3.8) is 0 Å². The third kappa shape index (κ3) is 1.16. The lowest BCUT2D eigenvalue weighted by molar-refractivity contribution is 0.434. The molecule has 0 spiro atoms. The van der Waals surface area contributed by atoms with Crippen LogP contribution in [0.3, 0.4) is 0 Å². The summed E-state index contributed by atoms with van der Waals surface area (Å²) in [6.45, 7) is 10.8. The molecule has 1 aliphatic carbocycles. The molecule has 56 valence electrons. The van der Waals surface area contributed by atoms with E-state index in [1.54, 1.807) is 0 Å². The molecule has 0 aliphatic heterocycles.